The molecular formula is C12H14N2O. The van der Waals surface area contributed by atoms with Crippen molar-refractivity contribution in [3.8, 4) is 0 Å². The molecule has 3 nitrogen and oxygen atoms in total. The van der Waals surface area contributed by atoms with Gasteiger partial charge in [-0.05, 0) is 12.1 Å². The molecule has 0 fully saturated rings. The summed E-state index contributed by atoms with van der Waals surface area (Å²) in [7, 11) is 0. The van der Waals surface area contributed by atoms with Crippen LogP contribution in [-0.4, -0.2) is 11.7 Å². The molecule has 0 atom stereocenters. The lowest BCUT2D eigenvalue weighted by Gasteiger charge is -2.00. The summed E-state index contributed by atoms with van der Waals surface area (Å²) >= 11 is 0. The number of nitrogens with two attached hydrogens (primary N) is 1. The largest absolute Gasteiger partial charge is 0.361 e. The van der Waals surface area contributed by atoms with Gasteiger partial charge in [-0.15, -0.1) is 0 Å². The van der Waals surface area contributed by atoms with E-state index in [1.54, 1.807) is 6.20 Å². The molecule has 0 unspecified atom stereocenters. The van der Waals surface area contributed by atoms with Crippen LogP contribution in [0, 0.1) is 0 Å². The topological polar surface area (TPSA) is 52.0 Å². The molecule has 0 spiro atoms. The summed E-state index contributed by atoms with van der Waals surface area (Å²) in [4.78, 5) is 0. The smallest absolute Gasteiger partial charge is 0.141 e. The monoisotopic (exact) mass is 202 g/mol. The second kappa shape index (κ2) is 4.75. The van der Waals surface area contributed by atoms with Gasteiger partial charge in [0.1, 0.15) is 5.76 Å². The van der Waals surface area contributed by atoms with Gasteiger partial charge >= 0.3 is 0 Å². The number of rotatable bonds is 4. The highest BCUT2D eigenvalue weighted by molar-refractivity contribution is 5.25. The number of nitrogens with zero attached hydrogens (tertiary/aromatic N) is 1. The Morgan fingerprint density at radius 2 is 2.00 bits per heavy atom. The Morgan fingerprint density at radius 3 is 2.73 bits per heavy atom. The predicted octanol–water partition coefficient (Wildman–Crippen LogP) is 1.77. The molecule has 2 aromatic rings. The first-order valence-electron chi connectivity index (χ1n) is 5.06. The molecule has 1 heterocycles. The highest BCUT2D eigenvalue weighted by atomic mass is 16.5. The third kappa shape index (κ3) is 2.44. The minimum absolute atomic E-state index is 0.594. The first-order valence-corrected chi connectivity index (χ1v) is 5.06. The Labute approximate surface area is 88.9 Å². The van der Waals surface area contributed by atoms with Crippen LogP contribution in [-0.2, 0) is 12.8 Å². The Morgan fingerprint density at radius 1 is 1.20 bits per heavy atom. The van der Waals surface area contributed by atoms with Crippen LogP contribution in [0.2, 0.25) is 0 Å². The van der Waals surface area contributed by atoms with Gasteiger partial charge in [-0.2, -0.15) is 0 Å². The standard InChI is InChI=1S/C12H14N2O/c13-7-6-12-11(9-14-15-12)8-10-4-2-1-3-5-10/h1-5,9H,6-8,13H2. The first-order chi connectivity index (χ1) is 7.40. The molecule has 0 radical (unpaired) electrons. The van der Waals surface area contributed by atoms with E-state index in [9.17, 15) is 0 Å². The zero-order valence-electron chi connectivity index (χ0n) is 8.52. The molecule has 2 rings (SSSR count). The van der Waals surface area contributed by atoms with Crippen LogP contribution >= 0.6 is 0 Å². The highest BCUT2D eigenvalue weighted by Gasteiger charge is 2.07. The van der Waals surface area contributed by atoms with Gasteiger partial charge in [0.2, 0.25) is 0 Å². The maximum absolute atomic E-state index is 5.49. The van der Waals surface area contributed by atoms with Gasteiger partial charge in [0.25, 0.3) is 0 Å². The quantitative estimate of drug-likeness (QED) is 0.822. The molecule has 78 valence electrons. The van der Waals surface area contributed by atoms with Crippen molar-refractivity contribution in [1.29, 1.82) is 0 Å². The molecule has 2 N–H and O–H groups in total. The van der Waals surface area contributed by atoms with Crippen molar-refractivity contribution >= 4 is 0 Å². The lowest BCUT2D eigenvalue weighted by Crippen LogP contribution is -2.03. The fourth-order valence-corrected chi connectivity index (χ4v) is 1.58. The summed E-state index contributed by atoms with van der Waals surface area (Å²) in [6, 6.07) is 10.3. The summed E-state index contributed by atoms with van der Waals surface area (Å²) in [5.41, 5.74) is 7.89. The number of hydrogen-bond donors (Lipinski definition) is 1. The van der Waals surface area contributed by atoms with E-state index in [-0.39, 0.29) is 0 Å². The average molecular weight is 202 g/mol. The van der Waals surface area contributed by atoms with E-state index in [4.69, 9.17) is 10.3 Å². The van der Waals surface area contributed by atoms with E-state index in [1.807, 2.05) is 18.2 Å². The van der Waals surface area contributed by atoms with E-state index < -0.39 is 0 Å². The van der Waals surface area contributed by atoms with Crippen molar-refractivity contribution in [2.45, 2.75) is 12.8 Å². The molecule has 15 heavy (non-hydrogen) atoms. The average Bonchev–Trinajstić information content (AvgIpc) is 2.68. The van der Waals surface area contributed by atoms with Gasteiger partial charge in [-0.3, -0.25) is 0 Å². The molecule has 0 bridgehead atoms. The molecule has 0 saturated carbocycles. The Kier molecular flexibility index (Phi) is 3.15. The maximum atomic E-state index is 5.49. The Hall–Kier alpha value is -1.61. The summed E-state index contributed by atoms with van der Waals surface area (Å²) in [5, 5.41) is 3.81. The molecule has 0 aliphatic heterocycles. The van der Waals surface area contributed by atoms with Crippen LogP contribution in [0.1, 0.15) is 16.9 Å². The van der Waals surface area contributed by atoms with Gasteiger partial charge in [-0.1, -0.05) is 35.5 Å². The minimum Gasteiger partial charge on any atom is -0.361 e. The van der Waals surface area contributed by atoms with Crippen molar-refractivity contribution in [1.82, 2.24) is 5.16 Å². The zero-order valence-corrected chi connectivity index (χ0v) is 8.52. The second-order valence-electron chi connectivity index (χ2n) is 3.48. The number of aromatic nitrogens is 1. The molecule has 0 amide bonds. The number of hydrogen-bond acceptors (Lipinski definition) is 3. The van der Waals surface area contributed by atoms with Crippen LogP contribution in [0.3, 0.4) is 0 Å². The molecule has 1 aromatic heterocycles. The predicted molar refractivity (Wildman–Crippen MR) is 58.5 cm³/mol. The van der Waals surface area contributed by atoms with Crippen molar-refractivity contribution in [3.63, 3.8) is 0 Å². The summed E-state index contributed by atoms with van der Waals surface area (Å²) < 4.78 is 5.15. The third-order valence-corrected chi connectivity index (χ3v) is 2.34. The molecule has 0 aliphatic carbocycles. The Balaban J connectivity index is 2.14. The Bertz CT molecular complexity index is 409. The summed E-state index contributed by atoms with van der Waals surface area (Å²) in [6.07, 6.45) is 3.39. The normalized spacial score (nSPS) is 10.5. The van der Waals surface area contributed by atoms with Crippen molar-refractivity contribution in [3.05, 3.63) is 53.4 Å². The maximum Gasteiger partial charge on any atom is 0.141 e. The van der Waals surface area contributed by atoms with Crippen molar-refractivity contribution < 1.29 is 4.52 Å². The van der Waals surface area contributed by atoms with Crippen LogP contribution in [0.5, 0.6) is 0 Å². The van der Waals surface area contributed by atoms with Gasteiger partial charge in [-0.25, -0.2) is 0 Å². The molecule has 3 heteroatoms. The third-order valence-electron chi connectivity index (χ3n) is 2.34. The van der Waals surface area contributed by atoms with Crippen molar-refractivity contribution in [2.24, 2.45) is 5.73 Å². The summed E-state index contributed by atoms with van der Waals surface area (Å²) in [5.74, 6) is 0.904. The first kappa shape index (κ1) is 9.93. The van der Waals surface area contributed by atoms with E-state index >= 15 is 0 Å². The zero-order chi connectivity index (χ0) is 10.5. The van der Waals surface area contributed by atoms with Crippen LogP contribution in [0.25, 0.3) is 0 Å². The molecular weight excluding hydrogens is 188 g/mol. The molecule has 1 aromatic carbocycles. The molecule has 0 saturated heterocycles. The fourth-order valence-electron chi connectivity index (χ4n) is 1.58. The van der Waals surface area contributed by atoms with Gasteiger partial charge in [0.05, 0.1) is 6.20 Å². The van der Waals surface area contributed by atoms with Gasteiger partial charge < -0.3 is 10.3 Å². The van der Waals surface area contributed by atoms with Gasteiger partial charge in [0.15, 0.2) is 0 Å². The fraction of sp³-hybridized carbons (Fsp3) is 0.250. The lowest BCUT2D eigenvalue weighted by molar-refractivity contribution is 0.383. The number of benzene rings is 1. The van der Waals surface area contributed by atoms with Crippen LogP contribution in [0.15, 0.2) is 41.1 Å². The van der Waals surface area contributed by atoms with E-state index in [1.165, 1.54) is 5.56 Å². The van der Waals surface area contributed by atoms with Crippen LogP contribution < -0.4 is 5.73 Å². The summed E-state index contributed by atoms with van der Waals surface area (Å²) in [6.45, 7) is 0.594. The van der Waals surface area contributed by atoms with E-state index in [0.717, 1.165) is 24.2 Å². The van der Waals surface area contributed by atoms with E-state index in [0.29, 0.717) is 6.54 Å². The minimum atomic E-state index is 0.594. The van der Waals surface area contributed by atoms with Crippen molar-refractivity contribution in [2.75, 3.05) is 6.54 Å². The van der Waals surface area contributed by atoms with E-state index in [2.05, 4.69) is 17.3 Å². The molecule has 0 aliphatic rings. The second-order valence-corrected chi connectivity index (χ2v) is 3.48. The van der Waals surface area contributed by atoms with Gasteiger partial charge in [0, 0.05) is 18.4 Å². The highest BCUT2D eigenvalue weighted by Crippen LogP contribution is 2.13. The van der Waals surface area contributed by atoms with Crippen LogP contribution in [0.4, 0.5) is 0 Å². The SMILES string of the molecule is NCCc1oncc1Cc1ccccc1. The lowest BCUT2D eigenvalue weighted by atomic mass is 10.1.